The fraction of sp³-hybridized carbons (Fsp3) is 0.538. The number of rotatable bonds is 7. The predicted octanol–water partition coefficient (Wildman–Crippen LogP) is 1.15. The van der Waals surface area contributed by atoms with Crippen molar-refractivity contribution in [2.45, 2.75) is 19.9 Å². The van der Waals surface area contributed by atoms with Crippen LogP contribution in [0, 0.1) is 0 Å². The van der Waals surface area contributed by atoms with E-state index in [0.29, 0.717) is 12.7 Å². The molecule has 0 aromatic heterocycles. The van der Waals surface area contributed by atoms with Crippen LogP contribution in [0.4, 0.5) is 11.4 Å². The van der Waals surface area contributed by atoms with E-state index in [0.717, 1.165) is 24.5 Å². The van der Waals surface area contributed by atoms with Crippen molar-refractivity contribution < 1.29 is 5.11 Å². The van der Waals surface area contributed by atoms with E-state index < -0.39 is 0 Å². The average molecular weight is 252 g/mol. The second-order valence-corrected chi connectivity index (χ2v) is 4.55. The second kappa shape index (κ2) is 7.08. The molecular weight excluding hydrogens is 228 g/mol. The minimum atomic E-state index is 0.252. The molecule has 0 aliphatic carbocycles. The Morgan fingerprint density at radius 2 is 2.11 bits per heavy atom. The maximum absolute atomic E-state index is 10.0. The smallest absolute Gasteiger partial charge is 0.140 e. The van der Waals surface area contributed by atoms with Crippen molar-refractivity contribution in [2.24, 2.45) is 5.73 Å². The van der Waals surface area contributed by atoms with Crippen molar-refractivity contribution in [3.63, 3.8) is 0 Å². The summed E-state index contributed by atoms with van der Waals surface area (Å²) in [6, 6.07) is 5.92. The molecule has 0 spiro atoms. The lowest BCUT2D eigenvalue weighted by atomic mass is 10.2. The van der Waals surface area contributed by atoms with Gasteiger partial charge in [-0.25, -0.2) is 0 Å². The SMILES string of the molecule is CNCCN(CN)c1ccc(NC(C)C)cc1O. The van der Waals surface area contributed by atoms with Gasteiger partial charge in [-0.15, -0.1) is 0 Å². The van der Waals surface area contributed by atoms with Crippen LogP contribution < -0.4 is 21.3 Å². The molecule has 1 rings (SSSR count). The van der Waals surface area contributed by atoms with Crippen LogP contribution in [0.25, 0.3) is 0 Å². The fourth-order valence-corrected chi connectivity index (χ4v) is 1.77. The van der Waals surface area contributed by atoms with Gasteiger partial charge in [0.2, 0.25) is 0 Å². The second-order valence-electron chi connectivity index (χ2n) is 4.55. The largest absolute Gasteiger partial charge is 0.506 e. The van der Waals surface area contributed by atoms with Crippen molar-refractivity contribution in [2.75, 3.05) is 37.0 Å². The van der Waals surface area contributed by atoms with Crippen molar-refractivity contribution in [1.29, 1.82) is 0 Å². The van der Waals surface area contributed by atoms with Gasteiger partial charge in [0.1, 0.15) is 5.75 Å². The maximum atomic E-state index is 10.0. The monoisotopic (exact) mass is 252 g/mol. The van der Waals surface area contributed by atoms with E-state index >= 15 is 0 Å². The molecule has 0 atom stereocenters. The summed E-state index contributed by atoms with van der Waals surface area (Å²) in [6.07, 6.45) is 0. The van der Waals surface area contributed by atoms with Crippen molar-refractivity contribution >= 4 is 11.4 Å². The highest BCUT2D eigenvalue weighted by atomic mass is 16.3. The van der Waals surface area contributed by atoms with Gasteiger partial charge in [0.05, 0.1) is 12.4 Å². The van der Waals surface area contributed by atoms with Crippen molar-refractivity contribution in [3.8, 4) is 5.75 Å². The number of aromatic hydroxyl groups is 1. The Labute approximate surface area is 109 Å². The number of nitrogens with one attached hydrogen (secondary N) is 2. The summed E-state index contributed by atoms with van der Waals surface area (Å²) in [5.41, 5.74) is 7.38. The Kier molecular flexibility index (Phi) is 5.74. The third kappa shape index (κ3) is 4.09. The number of likely N-dealkylation sites (N-methyl/N-ethyl adjacent to an activating group) is 1. The minimum absolute atomic E-state index is 0.252. The summed E-state index contributed by atoms with van der Waals surface area (Å²) in [5, 5.41) is 16.4. The highest BCUT2D eigenvalue weighted by molar-refractivity contribution is 5.64. The normalized spacial score (nSPS) is 10.7. The summed E-state index contributed by atoms with van der Waals surface area (Å²) in [6.45, 7) is 6.08. The molecule has 5 heteroatoms. The van der Waals surface area contributed by atoms with Crippen molar-refractivity contribution in [3.05, 3.63) is 18.2 Å². The molecule has 0 radical (unpaired) electrons. The third-order valence-electron chi connectivity index (χ3n) is 2.62. The fourth-order valence-electron chi connectivity index (χ4n) is 1.77. The van der Waals surface area contributed by atoms with Gasteiger partial charge < -0.3 is 26.4 Å². The molecule has 0 bridgehead atoms. The number of benzene rings is 1. The highest BCUT2D eigenvalue weighted by Crippen LogP contribution is 2.29. The Morgan fingerprint density at radius 1 is 1.39 bits per heavy atom. The Bertz CT molecular complexity index is 368. The van der Waals surface area contributed by atoms with Crippen LogP contribution >= 0.6 is 0 Å². The standard InChI is InChI=1S/C13H24N4O/c1-10(2)16-11-4-5-12(13(18)8-11)17(9-14)7-6-15-3/h4-5,8,10,15-16,18H,6-7,9,14H2,1-3H3. The molecule has 1 aromatic carbocycles. The van der Waals surface area contributed by atoms with Crippen LogP contribution in [-0.4, -0.2) is 38.0 Å². The Morgan fingerprint density at radius 3 is 2.61 bits per heavy atom. The van der Waals surface area contributed by atoms with E-state index in [1.807, 2.05) is 24.1 Å². The molecule has 0 aliphatic heterocycles. The summed E-state index contributed by atoms with van der Waals surface area (Å²) in [4.78, 5) is 1.94. The van der Waals surface area contributed by atoms with Crippen molar-refractivity contribution in [1.82, 2.24) is 5.32 Å². The van der Waals surface area contributed by atoms with E-state index in [1.54, 1.807) is 6.07 Å². The number of phenols is 1. The number of hydrogen-bond donors (Lipinski definition) is 4. The zero-order valence-electron chi connectivity index (χ0n) is 11.4. The van der Waals surface area contributed by atoms with Crippen LogP contribution in [0.1, 0.15) is 13.8 Å². The first-order chi connectivity index (χ1) is 8.58. The molecule has 0 saturated heterocycles. The van der Waals surface area contributed by atoms with Gasteiger partial charge in [0.25, 0.3) is 0 Å². The molecule has 0 unspecified atom stereocenters. The predicted molar refractivity (Wildman–Crippen MR) is 77.2 cm³/mol. The van der Waals surface area contributed by atoms with Gasteiger partial charge in [-0.1, -0.05) is 0 Å². The Hall–Kier alpha value is -1.46. The number of nitrogens with zero attached hydrogens (tertiary/aromatic N) is 1. The van der Waals surface area contributed by atoms with E-state index in [2.05, 4.69) is 24.5 Å². The summed E-state index contributed by atoms with van der Waals surface area (Å²) in [5.74, 6) is 0.252. The molecule has 5 nitrogen and oxygen atoms in total. The lowest BCUT2D eigenvalue weighted by Gasteiger charge is -2.24. The lowest BCUT2D eigenvalue weighted by Crippen LogP contribution is -2.35. The highest BCUT2D eigenvalue weighted by Gasteiger charge is 2.10. The molecule has 0 aliphatic rings. The zero-order chi connectivity index (χ0) is 13.5. The van der Waals surface area contributed by atoms with Crippen LogP contribution in [0.3, 0.4) is 0 Å². The maximum Gasteiger partial charge on any atom is 0.140 e. The van der Waals surface area contributed by atoms with E-state index in [-0.39, 0.29) is 5.75 Å². The van der Waals surface area contributed by atoms with Crippen LogP contribution in [0.15, 0.2) is 18.2 Å². The van der Waals surface area contributed by atoms with Gasteiger partial charge in [-0.05, 0) is 33.0 Å². The average Bonchev–Trinajstić information content (AvgIpc) is 2.31. The van der Waals surface area contributed by atoms with Crippen LogP contribution in [0.5, 0.6) is 5.75 Å². The zero-order valence-corrected chi connectivity index (χ0v) is 11.4. The first kappa shape index (κ1) is 14.6. The molecule has 102 valence electrons. The molecule has 0 fully saturated rings. The first-order valence-electron chi connectivity index (χ1n) is 6.27. The van der Waals surface area contributed by atoms with Crippen LogP contribution in [0.2, 0.25) is 0 Å². The molecule has 5 N–H and O–H groups in total. The topological polar surface area (TPSA) is 73.5 Å². The van der Waals surface area contributed by atoms with E-state index in [1.165, 1.54) is 0 Å². The minimum Gasteiger partial charge on any atom is -0.506 e. The van der Waals surface area contributed by atoms with Gasteiger partial charge in [0, 0.05) is 30.9 Å². The lowest BCUT2D eigenvalue weighted by molar-refractivity contribution is 0.474. The molecule has 1 aromatic rings. The molecule has 0 amide bonds. The van der Waals surface area contributed by atoms with Crippen LogP contribution in [-0.2, 0) is 0 Å². The molecule has 18 heavy (non-hydrogen) atoms. The first-order valence-corrected chi connectivity index (χ1v) is 6.27. The number of hydrogen-bond acceptors (Lipinski definition) is 5. The summed E-state index contributed by atoms with van der Waals surface area (Å²) < 4.78 is 0. The van der Waals surface area contributed by atoms with Gasteiger partial charge >= 0.3 is 0 Å². The van der Waals surface area contributed by atoms with Gasteiger partial charge in [-0.2, -0.15) is 0 Å². The summed E-state index contributed by atoms with van der Waals surface area (Å²) in [7, 11) is 1.89. The molecular formula is C13H24N4O. The number of phenolic OH excluding ortho intramolecular Hbond substituents is 1. The molecule has 0 heterocycles. The van der Waals surface area contributed by atoms with E-state index in [9.17, 15) is 5.11 Å². The molecule has 0 saturated carbocycles. The third-order valence-corrected chi connectivity index (χ3v) is 2.62. The van der Waals surface area contributed by atoms with E-state index in [4.69, 9.17) is 5.73 Å². The van der Waals surface area contributed by atoms with Gasteiger partial charge in [0.15, 0.2) is 0 Å². The quantitative estimate of drug-likeness (QED) is 0.548. The number of nitrogens with two attached hydrogens (primary N) is 1. The summed E-state index contributed by atoms with van der Waals surface area (Å²) >= 11 is 0. The Balaban J connectivity index is 2.82. The number of anilines is 2. The van der Waals surface area contributed by atoms with Gasteiger partial charge in [-0.3, -0.25) is 0 Å².